The zero-order valence-electron chi connectivity index (χ0n) is 14.4. The Bertz CT molecular complexity index is 712. The summed E-state index contributed by atoms with van der Waals surface area (Å²) in [5.41, 5.74) is 0.818. The summed E-state index contributed by atoms with van der Waals surface area (Å²) >= 11 is 7.27. The number of halogens is 1. The number of amides is 1. The largest absolute Gasteiger partial charge is 0.342 e. The highest BCUT2D eigenvalue weighted by Crippen LogP contribution is 2.27. The van der Waals surface area contributed by atoms with E-state index in [0.29, 0.717) is 22.0 Å². The van der Waals surface area contributed by atoms with Crippen LogP contribution in [-0.4, -0.2) is 49.9 Å². The van der Waals surface area contributed by atoms with Crippen LogP contribution >= 0.6 is 23.4 Å². The van der Waals surface area contributed by atoms with Gasteiger partial charge in [-0.3, -0.25) is 4.79 Å². The summed E-state index contributed by atoms with van der Waals surface area (Å²) in [7, 11) is 1.91. The molecular weight excluding hydrogens is 358 g/mol. The number of hydrogen-bond donors (Lipinski definition) is 0. The van der Waals surface area contributed by atoms with E-state index < -0.39 is 0 Å². The summed E-state index contributed by atoms with van der Waals surface area (Å²) in [6, 6.07) is 7.63. The summed E-state index contributed by atoms with van der Waals surface area (Å²) in [6.45, 7) is 2.28. The van der Waals surface area contributed by atoms with Crippen molar-refractivity contribution in [3.8, 4) is 5.69 Å². The Labute approximate surface area is 156 Å². The number of aromatic nitrogens is 4. The lowest BCUT2D eigenvalue weighted by atomic mass is 9.87. The minimum absolute atomic E-state index is 0.121. The van der Waals surface area contributed by atoms with Gasteiger partial charge in [0, 0.05) is 18.1 Å². The minimum atomic E-state index is 0.121. The quantitative estimate of drug-likeness (QED) is 0.744. The van der Waals surface area contributed by atoms with E-state index in [1.165, 1.54) is 24.6 Å². The highest BCUT2D eigenvalue weighted by atomic mass is 35.5. The van der Waals surface area contributed by atoms with Crippen LogP contribution in [-0.2, 0) is 4.79 Å². The molecule has 1 aromatic heterocycles. The molecule has 0 aliphatic heterocycles. The fourth-order valence-corrected chi connectivity index (χ4v) is 4.02. The normalized spacial score (nSPS) is 20.4. The van der Waals surface area contributed by atoms with E-state index in [1.807, 2.05) is 24.1 Å². The predicted octanol–water partition coefficient (Wildman–Crippen LogP) is 3.44. The van der Waals surface area contributed by atoms with Gasteiger partial charge >= 0.3 is 0 Å². The standard InChI is InChI=1S/C17H22ClN5OS/c1-12-3-7-14(8-4-12)22(2)16(24)11-25-17-19-20-21-23(17)15-9-5-13(18)6-10-15/h5-6,9-10,12,14H,3-4,7-8,11H2,1-2H3. The summed E-state index contributed by atoms with van der Waals surface area (Å²) in [5.74, 6) is 1.23. The number of nitrogens with zero attached hydrogens (tertiary/aromatic N) is 5. The molecule has 1 aliphatic rings. The molecule has 0 spiro atoms. The first-order valence-electron chi connectivity index (χ1n) is 8.47. The van der Waals surface area contributed by atoms with Gasteiger partial charge in [0.1, 0.15) is 0 Å². The predicted molar refractivity (Wildman–Crippen MR) is 99.1 cm³/mol. The topological polar surface area (TPSA) is 63.9 Å². The Morgan fingerprint density at radius 2 is 1.96 bits per heavy atom. The lowest BCUT2D eigenvalue weighted by Crippen LogP contribution is -2.40. The summed E-state index contributed by atoms with van der Waals surface area (Å²) in [6.07, 6.45) is 4.58. The second kappa shape index (κ2) is 8.19. The molecule has 8 heteroatoms. The molecule has 0 N–H and O–H groups in total. The van der Waals surface area contributed by atoms with Crippen LogP contribution in [0.1, 0.15) is 32.6 Å². The van der Waals surface area contributed by atoms with Crippen LogP contribution in [0.15, 0.2) is 29.4 Å². The summed E-state index contributed by atoms with van der Waals surface area (Å²) in [4.78, 5) is 14.4. The number of carbonyl (C=O) groups excluding carboxylic acids is 1. The summed E-state index contributed by atoms with van der Waals surface area (Å²) in [5, 5.41) is 13.0. The molecule has 1 aromatic carbocycles. The van der Waals surface area contributed by atoms with Gasteiger partial charge in [-0.15, -0.1) is 5.10 Å². The Kier molecular flexibility index (Phi) is 5.96. The number of rotatable bonds is 5. The first-order chi connectivity index (χ1) is 12.0. The third kappa shape index (κ3) is 4.52. The molecule has 25 heavy (non-hydrogen) atoms. The first-order valence-corrected chi connectivity index (χ1v) is 9.83. The molecule has 0 radical (unpaired) electrons. The van der Waals surface area contributed by atoms with Crippen LogP contribution < -0.4 is 0 Å². The van der Waals surface area contributed by atoms with Crippen molar-refractivity contribution in [1.29, 1.82) is 0 Å². The molecule has 1 saturated carbocycles. The van der Waals surface area contributed by atoms with E-state index in [0.717, 1.165) is 24.4 Å². The van der Waals surface area contributed by atoms with Crippen molar-refractivity contribution in [2.24, 2.45) is 5.92 Å². The van der Waals surface area contributed by atoms with E-state index in [4.69, 9.17) is 11.6 Å². The number of carbonyl (C=O) groups is 1. The number of hydrogen-bond acceptors (Lipinski definition) is 5. The number of tetrazole rings is 1. The molecule has 1 heterocycles. The minimum Gasteiger partial charge on any atom is -0.342 e. The van der Waals surface area contributed by atoms with E-state index in [-0.39, 0.29) is 5.91 Å². The second-order valence-electron chi connectivity index (χ2n) is 6.56. The lowest BCUT2D eigenvalue weighted by molar-refractivity contribution is -0.129. The van der Waals surface area contributed by atoms with Gasteiger partial charge < -0.3 is 4.90 Å². The smallest absolute Gasteiger partial charge is 0.233 e. The highest BCUT2D eigenvalue weighted by Gasteiger charge is 2.25. The fourth-order valence-electron chi connectivity index (χ4n) is 3.07. The van der Waals surface area contributed by atoms with E-state index in [9.17, 15) is 4.79 Å². The highest BCUT2D eigenvalue weighted by molar-refractivity contribution is 7.99. The molecule has 0 saturated heterocycles. The van der Waals surface area contributed by atoms with Crippen molar-refractivity contribution in [3.63, 3.8) is 0 Å². The van der Waals surface area contributed by atoms with Crippen LogP contribution in [0.2, 0.25) is 5.02 Å². The van der Waals surface area contributed by atoms with Crippen molar-refractivity contribution in [2.75, 3.05) is 12.8 Å². The van der Waals surface area contributed by atoms with Crippen molar-refractivity contribution < 1.29 is 4.79 Å². The van der Waals surface area contributed by atoms with Crippen LogP contribution in [0.4, 0.5) is 0 Å². The maximum absolute atomic E-state index is 12.5. The molecule has 3 rings (SSSR count). The molecule has 1 fully saturated rings. The maximum Gasteiger partial charge on any atom is 0.233 e. The average Bonchev–Trinajstić information content (AvgIpc) is 3.09. The Morgan fingerprint density at radius 1 is 1.28 bits per heavy atom. The van der Waals surface area contributed by atoms with Gasteiger partial charge in [-0.1, -0.05) is 30.3 Å². The van der Waals surface area contributed by atoms with E-state index in [2.05, 4.69) is 22.4 Å². The first kappa shape index (κ1) is 18.2. The van der Waals surface area contributed by atoms with Crippen molar-refractivity contribution >= 4 is 29.3 Å². The van der Waals surface area contributed by atoms with Crippen LogP contribution in [0.3, 0.4) is 0 Å². The van der Waals surface area contributed by atoms with Gasteiger partial charge in [0.25, 0.3) is 0 Å². The maximum atomic E-state index is 12.5. The Morgan fingerprint density at radius 3 is 2.64 bits per heavy atom. The SMILES string of the molecule is CC1CCC(N(C)C(=O)CSc2nnnn2-c2ccc(Cl)cc2)CC1. The van der Waals surface area contributed by atoms with Crippen LogP contribution in [0.5, 0.6) is 0 Å². The third-order valence-corrected chi connectivity index (χ3v) is 5.92. The zero-order valence-corrected chi connectivity index (χ0v) is 16.0. The molecule has 0 atom stereocenters. The second-order valence-corrected chi connectivity index (χ2v) is 7.94. The van der Waals surface area contributed by atoms with Gasteiger partial charge in [-0.2, -0.15) is 4.68 Å². The third-order valence-electron chi connectivity index (χ3n) is 4.76. The van der Waals surface area contributed by atoms with Gasteiger partial charge in [-0.05, 0) is 66.3 Å². The Hall–Kier alpha value is -1.60. The molecule has 6 nitrogen and oxygen atoms in total. The molecule has 1 amide bonds. The molecule has 0 bridgehead atoms. The van der Waals surface area contributed by atoms with Crippen molar-refractivity contribution in [1.82, 2.24) is 25.1 Å². The Balaban J connectivity index is 1.59. The van der Waals surface area contributed by atoms with Gasteiger partial charge in [-0.25, -0.2) is 0 Å². The van der Waals surface area contributed by atoms with Crippen LogP contribution in [0.25, 0.3) is 5.69 Å². The summed E-state index contributed by atoms with van der Waals surface area (Å²) < 4.78 is 1.62. The van der Waals surface area contributed by atoms with E-state index >= 15 is 0 Å². The zero-order chi connectivity index (χ0) is 17.8. The fraction of sp³-hybridized carbons (Fsp3) is 0.529. The van der Waals surface area contributed by atoms with Gasteiger partial charge in [0.05, 0.1) is 11.4 Å². The van der Waals surface area contributed by atoms with Crippen molar-refractivity contribution in [3.05, 3.63) is 29.3 Å². The molecule has 134 valence electrons. The molecular formula is C17H22ClN5OS. The molecule has 1 aliphatic carbocycles. The lowest BCUT2D eigenvalue weighted by Gasteiger charge is -2.33. The van der Waals surface area contributed by atoms with Gasteiger partial charge in [0.15, 0.2) is 0 Å². The van der Waals surface area contributed by atoms with Crippen LogP contribution in [0, 0.1) is 5.92 Å². The van der Waals surface area contributed by atoms with E-state index in [1.54, 1.807) is 16.8 Å². The molecule has 2 aromatic rings. The molecule has 0 unspecified atom stereocenters. The monoisotopic (exact) mass is 379 g/mol. The van der Waals surface area contributed by atoms with Gasteiger partial charge in [0.2, 0.25) is 11.1 Å². The number of benzene rings is 1. The average molecular weight is 380 g/mol. The number of thioether (sulfide) groups is 1. The van der Waals surface area contributed by atoms with Crippen molar-refractivity contribution in [2.45, 2.75) is 43.8 Å².